The maximum absolute atomic E-state index is 13.5. The molecule has 0 radical (unpaired) electrons. The third-order valence-corrected chi connectivity index (χ3v) is 7.32. The van der Waals surface area contributed by atoms with Crippen LogP contribution in [0.5, 0.6) is 0 Å². The molecule has 2 aromatic carbocycles. The van der Waals surface area contributed by atoms with E-state index in [2.05, 4.69) is 0 Å². The summed E-state index contributed by atoms with van der Waals surface area (Å²) in [5, 5.41) is 0. The van der Waals surface area contributed by atoms with Gasteiger partial charge < -0.3 is 4.74 Å². The molecule has 0 N–H and O–H groups in total. The summed E-state index contributed by atoms with van der Waals surface area (Å²) in [6.45, 7) is 2.47. The number of anilines is 1. The fraction of sp³-hybridized carbons (Fsp3) is 0.350. The van der Waals surface area contributed by atoms with E-state index >= 15 is 0 Å². The average Bonchev–Trinajstić information content (AvgIpc) is 2.70. The monoisotopic (exact) mass is 422 g/mol. The van der Waals surface area contributed by atoms with Crippen LogP contribution < -0.4 is 4.90 Å². The molecule has 1 amide bonds. The summed E-state index contributed by atoms with van der Waals surface area (Å²) in [5.41, 5.74) is 2.70. The SMILES string of the molecule is Cc1cccc2c1N(C1CCN(S(=O)(=O)c3ccc(F)c(F)c3)CC1)C(=O)OC2. The number of carbonyl (C=O) groups excluding carboxylic acids is 1. The number of rotatable bonds is 3. The summed E-state index contributed by atoms with van der Waals surface area (Å²) in [4.78, 5) is 13.8. The van der Waals surface area contributed by atoms with E-state index in [1.807, 2.05) is 25.1 Å². The first-order valence-electron chi connectivity index (χ1n) is 9.28. The zero-order valence-corrected chi connectivity index (χ0v) is 16.6. The van der Waals surface area contributed by atoms with Gasteiger partial charge >= 0.3 is 6.09 Å². The molecular formula is C20H20F2N2O4S. The van der Waals surface area contributed by atoms with Gasteiger partial charge in [-0.05, 0) is 43.5 Å². The van der Waals surface area contributed by atoms with E-state index in [0.717, 1.165) is 28.9 Å². The van der Waals surface area contributed by atoms with E-state index < -0.39 is 27.8 Å². The predicted octanol–water partition coefficient (Wildman–Crippen LogP) is 3.58. The van der Waals surface area contributed by atoms with Gasteiger partial charge in [0, 0.05) is 24.7 Å². The van der Waals surface area contributed by atoms with Crippen LogP contribution in [-0.2, 0) is 21.4 Å². The van der Waals surface area contributed by atoms with E-state index in [1.165, 1.54) is 4.31 Å². The van der Waals surface area contributed by atoms with Crippen molar-refractivity contribution in [2.24, 2.45) is 0 Å². The van der Waals surface area contributed by atoms with Crippen molar-refractivity contribution in [3.05, 3.63) is 59.2 Å². The van der Waals surface area contributed by atoms with Crippen LogP contribution in [0.25, 0.3) is 0 Å². The van der Waals surface area contributed by atoms with E-state index in [4.69, 9.17) is 4.74 Å². The van der Waals surface area contributed by atoms with Gasteiger partial charge in [0.1, 0.15) is 6.61 Å². The molecule has 0 saturated carbocycles. The van der Waals surface area contributed by atoms with Gasteiger partial charge in [0.05, 0.1) is 10.6 Å². The first kappa shape index (κ1) is 19.8. The Bertz CT molecular complexity index is 1070. The summed E-state index contributed by atoms with van der Waals surface area (Å²) in [7, 11) is -3.95. The largest absolute Gasteiger partial charge is 0.444 e. The van der Waals surface area contributed by atoms with Crippen molar-refractivity contribution in [1.82, 2.24) is 4.31 Å². The van der Waals surface area contributed by atoms with Crippen LogP contribution in [0.3, 0.4) is 0 Å². The molecule has 0 bridgehead atoms. The molecule has 0 spiro atoms. The number of benzene rings is 2. The first-order valence-corrected chi connectivity index (χ1v) is 10.7. The Kier molecular flexibility index (Phi) is 5.04. The Morgan fingerprint density at radius 3 is 2.48 bits per heavy atom. The number of halogens is 2. The van der Waals surface area contributed by atoms with Gasteiger partial charge in [0.15, 0.2) is 11.6 Å². The number of hydrogen-bond donors (Lipinski definition) is 0. The first-order chi connectivity index (χ1) is 13.8. The minimum Gasteiger partial charge on any atom is -0.444 e. The Morgan fingerprint density at radius 1 is 1.07 bits per heavy atom. The fourth-order valence-electron chi connectivity index (χ4n) is 3.94. The van der Waals surface area contributed by atoms with Crippen molar-refractivity contribution in [3.63, 3.8) is 0 Å². The zero-order chi connectivity index (χ0) is 20.8. The third kappa shape index (κ3) is 3.49. The van der Waals surface area contributed by atoms with E-state index in [-0.39, 0.29) is 30.6 Å². The molecule has 1 fully saturated rings. The molecule has 9 heteroatoms. The highest BCUT2D eigenvalue weighted by Crippen LogP contribution is 2.35. The predicted molar refractivity (Wildman–Crippen MR) is 102 cm³/mol. The molecule has 4 rings (SSSR count). The lowest BCUT2D eigenvalue weighted by molar-refractivity contribution is 0.135. The van der Waals surface area contributed by atoms with E-state index in [1.54, 1.807) is 4.90 Å². The smallest absolute Gasteiger partial charge is 0.414 e. The van der Waals surface area contributed by atoms with Crippen molar-refractivity contribution in [1.29, 1.82) is 0 Å². The van der Waals surface area contributed by atoms with Crippen LogP contribution in [0.2, 0.25) is 0 Å². The van der Waals surface area contributed by atoms with Crippen molar-refractivity contribution in [3.8, 4) is 0 Å². The molecular weight excluding hydrogens is 402 g/mol. The number of piperidine rings is 1. The molecule has 0 atom stereocenters. The fourth-order valence-corrected chi connectivity index (χ4v) is 5.42. The van der Waals surface area contributed by atoms with Crippen molar-refractivity contribution < 1.29 is 26.7 Å². The van der Waals surface area contributed by atoms with E-state index in [9.17, 15) is 22.0 Å². The van der Waals surface area contributed by atoms with Crippen LogP contribution in [0.4, 0.5) is 19.3 Å². The number of fused-ring (bicyclic) bond motifs is 1. The van der Waals surface area contributed by atoms with Crippen LogP contribution in [0.1, 0.15) is 24.0 Å². The number of amides is 1. The summed E-state index contributed by atoms with van der Waals surface area (Å²) in [5.74, 6) is -2.30. The van der Waals surface area contributed by atoms with Crippen LogP contribution in [0, 0.1) is 18.6 Å². The highest BCUT2D eigenvalue weighted by Gasteiger charge is 2.37. The highest BCUT2D eigenvalue weighted by molar-refractivity contribution is 7.89. The maximum Gasteiger partial charge on any atom is 0.414 e. The second-order valence-electron chi connectivity index (χ2n) is 7.22. The van der Waals surface area contributed by atoms with Crippen molar-refractivity contribution >= 4 is 21.8 Å². The number of sulfonamides is 1. The summed E-state index contributed by atoms with van der Waals surface area (Å²) >= 11 is 0. The average molecular weight is 422 g/mol. The van der Waals surface area contributed by atoms with Crippen molar-refractivity contribution in [2.45, 2.75) is 37.3 Å². The quantitative estimate of drug-likeness (QED) is 0.758. The van der Waals surface area contributed by atoms with Crippen LogP contribution in [0.15, 0.2) is 41.3 Å². The maximum atomic E-state index is 13.5. The molecule has 2 heterocycles. The van der Waals surface area contributed by atoms with Gasteiger partial charge in [-0.15, -0.1) is 0 Å². The molecule has 6 nitrogen and oxygen atoms in total. The Labute approximate surface area is 167 Å². The van der Waals surface area contributed by atoms with Crippen LogP contribution >= 0.6 is 0 Å². The normalized spacial score (nSPS) is 18.4. The number of cyclic esters (lactones) is 1. The van der Waals surface area contributed by atoms with Gasteiger partial charge in [-0.1, -0.05) is 18.2 Å². The lowest BCUT2D eigenvalue weighted by atomic mass is 10.00. The molecule has 154 valence electrons. The summed E-state index contributed by atoms with van der Waals surface area (Å²) < 4.78 is 58.7. The van der Waals surface area contributed by atoms with Crippen LogP contribution in [-0.4, -0.2) is 37.9 Å². The Hall–Kier alpha value is -2.52. The lowest BCUT2D eigenvalue weighted by Gasteiger charge is -2.40. The topological polar surface area (TPSA) is 66.9 Å². The van der Waals surface area contributed by atoms with Gasteiger partial charge in [0.25, 0.3) is 0 Å². The van der Waals surface area contributed by atoms with Gasteiger partial charge in [-0.2, -0.15) is 4.31 Å². The van der Waals surface area contributed by atoms with Gasteiger partial charge in [-0.25, -0.2) is 22.0 Å². The molecule has 0 aliphatic carbocycles. The summed E-state index contributed by atoms with van der Waals surface area (Å²) in [6, 6.07) is 8.08. The number of ether oxygens (including phenoxy) is 1. The molecule has 29 heavy (non-hydrogen) atoms. The standard InChI is InChI=1S/C20H20F2N2O4S/c1-13-3-2-4-14-12-28-20(25)24(19(13)14)15-7-9-23(10-8-15)29(26,27)16-5-6-17(21)18(22)11-16/h2-6,11,15H,7-10,12H2,1H3. The number of para-hydroxylation sites is 1. The number of hydrogen-bond acceptors (Lipinski definition) is 4. The molecule has 0 aromatic heterocycles. The molecule has 2 aromatic rings. The van der Waals surface area contributed by atoms with Gasteiger partial charge in [0.2, 0.25) is 10.0 Å². The summed E-state index contributed by atoms with van der Waals surface area (Å²) in [6.07, 6.45) is 0.381. The lowest BCUT2D eigenvalue weighted by Crippen LogP contribution is -2.50. The Morgan fingerprint density at radius 2 is 1.79 bits per heavy atom. The zero-order valence-electron chi connectivity index (χ0n) is 15.8. The molecule has 2 aliphatic rings. The second kappa shape index (κ2) is 7.38. The Balaban J connectivity index is 1.54. The minimum atomic E-state index is -3.95. The second-order valence-corrected chi connectivity index (χ2v) is 9.16. The highest BCUT2D eigenvalue weighted by atomic mass is 32.2. The minimum absolute atomic E-state index is 0.164. The van der Waals surface area contributed by atoms with E-state index in [0.29, 0.717) is 18.9 Å². The molecule has 2 aliphatic heterocycles. The third-order valence-electron chi connectivity index (χ3n) is 5.43. The van der Waals surface area contributed by atoms with Crippen molar-refractivity contribution in [2.75, 3.05) is 18.0 Å². The van der Waals surface area contributed by atoms with Gasteiger partial charge in [-0.3, -0.25) is 4.90 Å². The molecule has 1 saturated heterocycles. The number of carbonyl (C=O) groups is 1. The molecule has 0 unspecified atom stereocenters. The number of nitrogens with zero attached hydrogens (tertiary/aromatic N) is 2. The number of aryl methyl sites for hydroxylation is 1.